The predicted molar refractivity (Wildman–Crippen MR) is 97.0 cm³/mol. The van der Waals surface area contributed by atoms with Crippen molar-refractivity contribution in [3.8, 4) is 0 Å². The average Bonchev–Trinajstić information content (AvgIpc) is 3.19. The van der Waals surface area contributed by atoms with Crippen molar-refractivity contribution in [2.24, 2.45) is 5.92 Å². The summed E-state index contributed by atoms with van der Waals surface area (Å²) in [6.45, 7) is 6.99. The summed E-state index contributed by atoms with van der Waals surface area (Å²) in [5.41, 5.74) is 2.07. The van der Waals surface area contributed by atoms with Crippen LogP contribution in [0.3, 0.4) is 0 Å². The standard InChI is InChI=1S/C20H27N3O3/c1-14-6-11-26-18(14)20(24)22-8-9-23-17(12-21-19(23)15(22)2)7-10-25-13-16-4-3-5-16/h6,11-12,15-16H,3-5,7-10,13H2,1-2H3/t15-/m1/s1. The first-order chi connectivity index (χ1) is 12.6. The Morgan fingerprint density at radius 3 is 2.92 bits per heavy atom. The minimum Gasteiger partial charge on any atom is -0.459 e. The lowest BCUT2D eigenvalue weighted by Gasteiger charge is -2.34. The van der Waals surface area contributed by atoms with Crippen molar-refractivity contribution in [1.82, 2.24) is 14.5 Å². The number of imidazole rings is 1. The van der Waals surface area contributed by atoms with Crippen LogP contribution in [-0.2, 0) is 17.7 Å². The zero-order chi connectivity index (χ0) is 18.1. The van der Waals surface area contributed by atoms with Crippen LogP contribution in [0, 0.1) is 12.8 Å². The highest BCUT2D eigenvalue weighted by Crippen LogP contribution is 2.28. The fraction of sp³-hybridized carbons (Fsp3) is 0.600. The van der Waals surface area contributed by atoms with Gasteiger partial charge >= 0.3 is 0 Å². The van der Waals surface area contributed by atoms with E-state index < -0.39 is 0 Å². The highest BCUT2D eigenvalue weighted by molar-refractivity contribution is 5.93. The number of carbonyl (C=O) groups is 1. The van der Waals surface area contributed by atoms with Crippen LogP contribution in [0.1, 0.15) is 59.9 Å². The first kappa shape index (κ1) is 17.3. The molecule has 2 aliphatic rings. The Labute approximate surface area is 154 Å². The highest BCUT2D eigenvalue weighted by atomic mass is 16.5. The monoisotopic (exact) mass is 357 g/mol. The second-order valence-corrected chi connectivity index (χ2v) is 7.49. The second kappa shape index (κ2) is 7.27. The molecule has 6 heteroatoms. The molecule has 4 rings (SSSR count). The van der Waals surface area contributed by atoms with Crippen molar-refractivity contribution >= 4 is 5.91 Å². The number of hydrogen-bond donors (Lipinski definition) is 0. The van der Waals surface area contributed by atoms with Crippen LogP contribution >= 0.6 is 0 Å². The summed E-state index contributed by atoms with van der Waals surface area (Å²) in [5.74, 6) is 2.10. The van der Waals surface area contributed by atoms with E-state index in [9.17, 15) is 4.79 Å². The minimum atomic E-state index is -0.0644. The molecule has 140 valence electrons. The topological polar surface area (TPSA) is 60.5 Å². The lowest BCUT2D eigenvalue weighted by Crippen LogP contribution is -2.41. The molecule has 0 N–H and O–H groups in total. The summed E-state index contributed by atoms with van der Waals surface area (Å²) >= 11 is 0. The molecule has 1 amide bonds. The van der Waals surface area contributed by atoms with Crippen molar-refractivity contribution in [2.75, 3.05) is 19.8 Å². The molecular weight excluding hydrogens is 330 g/mol. The quantitative estimate of drug-likeness (QED) is 0.744. The van der Waals surface area contributed by atoms with Gasteiger partial charge in [-0.1, -0.05) is 6.42 Å². The van der Waals surface area contributed by atoms with Gasteiger partial charge in [-0.05, 0) is 38.7 Å². The van der Waals surface area contributed by atoms with E-state index in [1.54, 1.807) is 6.26 Å². The maximum atomic E-state index is 12.8. The molecule has 6 nitrogen and oxygen atoms in total. The maximum Gasteiger partial charge on any atom is 0.290 e. The van der Waals surface area contributed by atoms with Gasteiger partial charge in [-0.3, -0.25) is 4.79 Å². The van der Waals surface area contributed by atoms with Gasteiger partial charge in [0.15, 0.2) is 5.76 Å². The molecular formula is C20H27N3O3. The molecule has 1 fully saturated rings. The Hall–Kier alpha value is -2.08. The SMILES string of the molecule is Cc1ccoc1C(=O)N1CCn2c(CCOCC3CCC3)cnc2[C@H]1C. The molecule has 1 aliphatic carbocycles. The number of amides is 1. The maximum absolute atomic E-state index is 12.8. The van der Waals surface area contributed by atoms with Crippen LogP contribution in [0.2, 0.25) is 0 Å². The first-order valence-electron chi connectivity index (χ1n) is 9.62. The number of nitrogens with zero attached hydrogens (tertiary/aromatic N) is 3. The lowest BCUT2D eigenvalue weighted by molar-refractivity contribution is 0.0596. The van der Waals surface area contributed by atoms with E-state index in [1.165, 1.54) is 25.0 Å². The summed E-state index contributed by atoms with van der Waals surface area (Å²) in [4.78, 5) is 19.2. The normalized spacial score (nSPS) is 20.1. The van der Waals surface area contributed by atoms with Gasteiger partial charge in [0.25, 0.3) is 5.91 Å². The summed E-state index contributed by atoms with van der Waals surface area (Å²) < 4.78 is 13.5. The van der Waals surface area contributed by atoms with Crippen LogP contribution in [0.4, 0.5) is 0 Å². The molecule has 0 aromatic carbocycles. The van der Waals surface area contributed by atoms with Gasteiger partial charge in [0.1, 0.15) is 5.82 Å². The van der Waals surface area contributed by atoms with Gasteiger partial charge in [-0.25, -0.2) is 4.98 Å². The molecule has 2 aromatic heterocycles. The molecule has 1 saturated carbocycles. The summed E-state index contributed by atoms with van der Waals surface area (Å²) in [7, 11) is 0. The largest absolute Gasteiger partial charge is 0.459 e. The molecule has 0 unspecified atom stereocenters. The van der Waals surface area contributed by atoms with Gasteiger partial charge in [0, 0.05) is 43.6 Å². The summed E-state index contributed by atoms with van der Waals surface area (Å²) in [6.07, 6.45) is 8.37. The molecule has 0 saturated heterocycles. The van der Waals surface area contributed by atoms with E-state index in [2.05, 4.69) is 9.55 Å². The van der Waals surface area contributed by atoms with Gasteiger partial charge in [-0.2, -0.15) is 0 Å². The number of aryl methyl sites for hydroxylation is 1. The number of hydrogen-bond acceptors (Lipinski definition) is 4. The smallest absolute Gasteiger partial charge is 0.290 e. The zero-order valence-electron chi connectivity index (χ0n) is 15.6. The Kier molecular flexibility index (Phi) is 4.85. The van der Waals surface area contributed by atoms with Crippen LogP contribution in [0.15, 0.2) is 22.9 Å². The second-order valence-electron chi connectivity index (χ2n) is 7.49. The minimum absolute atomic E-state index is 0.0559. The lowest BCUT2D eigenvalue weighted by atomic mass is 9.86. The molecule has 0 radical (unpaired) electrons. The van der Waals surface area contributed by atoms with E-state index in [-0.39, 0.29) is 11.9 Å². The average molecular weight is 357 g/mol. The predicted octanol–water partition coefficient (Wildman–Crippen LogP) is 3.36. The molecule has 3 heterocycles. The number of fused-ring (bicyclic) bond motifs is 1. The molecule has 2 aromatic rings. The van der Waals surface area contributed by atoms with Gasteiger partial charge in [0.05, 0.1) is 18.9 Å². The Balaban J connectivity index is 1.39. The fourth-order valence-electron chi connectivity index (χ4n) is 3.84. The van der Waals surface area contributed by atoms with Gasteiger partial charge in [-0.15, -0.1) is 0 Å². The van der Waals surface area contributed by atoms with E-state index in [0.717, 1.165) is 43.5 Å². The van der Waals surface area contributed by atoms with Crippen molar-refractivity contribution in [2.45, 2.75) is 52.1 Å². The molecule has 0 spiro atoms. The van der Waals surface area contributed by atoms with Crippen LogP contribution in [0.5, 0.6) is 0 Å². The van der Waals surface area contributed by atoms with E-state index in [1.807, 2.05) is 31.0 Å². The third kappa shape index (κ3) is 3.18. The molecule has 1 aliphatic heterocycles. The summed E-state index contributed by atoms with van der Waals surface area (Å²) in [5, 5.41) is 0. The zero-order valence-corrected chi connectivity index (χ0v) is 15.6. The van der Waals surface area contributed by atoms with Crippen LogP contribution in [-0.4, -0.2) is 40.1 Å². The number of furan rings is 1. The van der Waals surface area contributed by atoms with Crippen molar-refractivity contribution < 1.29 is 13.9 Å². The summed E-state index contributed by atoms with van der Waals surface area (Å²) in [6, 6.07) is 1.76. The van der Waals surface area contributed by atoms with Gasteiger partial charge < -0.3 is 18.6 Å². The number of carbonyl (C=O) groups excluding carboxylic acids is 1. The van der Waals surface area contributed by atoms with Crippen LogP contribution in [0.25, 0.3) is 0 Å². The number of aromatic nitrogens is 2. The van der Waals surface area contributed by atoms with E-state index >= 15 is 0 Å². The molecule has 26 heavy (non-hydrogen) atoms. The van der Waals surface area contributed by atoms with E-state index in [0.29, 0.717) is 12.3 Å². The Bertz CT molecular complexity index is 775. The first-order valence-corrected chi connectivity index (χ1v) is 9.62. The highest BCUT2D eigenvalue weighted by Gasteiger charge is 2.32. The third-order valence-corrected chi connectivity index (χ3v) is 5.77. The van der Waals surface area contributed by atoms with Crippen molar-refractivity contribution in [3.63, 3.8) is 0 Å². The molecule has 0 bridgehead atoms. The fourth-order valence-corrected chi connectivity index (χ4v) is 3.84. The van der Waals surface area contributed by atoms with Crippen molar-refractivity contribution in [1.29, 1.82) is 0 Å². The number of ether oxygens (including phenoxy) is 1. The van der Waals surface area contributed by atoms with Crippen LogP contribution < -0.4 is 0 Å². The van der Waals surface area contributed by atoms with E-state index in [4.69, 9.17) is 9.15 Å². The Morgan fingerprint density at radius 2 is 2.23 bits per heavy atom. The molecule has 1 atom stereocenters. The third-order valence-electron chi connectivity index (χ3n) is 5.77. The number of rotatable bonds is 6. The van der Waals surface area contributed by atoms with Gasteiger partial charge in [0.2, 0.25) is 0 Å². The Morgan fingerprint density at radius 1 is 1.38 bits per heavy atom. The van der Waals surface area contributed by atoms with Crippen molar-refractivity contribution in [3.05, 3.63) is 41.4 Å².